The van der Waals surface area contributed by atoms with Gasteiger partial charge in [-0.2, -0.15) is 0 Å². The van der Waals surface area contributed by atoms with Crippen molar-refractivity contribution in [2.75, 3.05) is 21.3 Å². The molecule has 0 aliphatic carbocycles. The average Bonchev–Trinajstić information content (AvgIpc) is 2.70. The molecule has 1 aliphatic heterocycles. The maximum Gasteiger partial charge on any atom is 0.342 e. The second-order valence-electron chi connectivity index (χ2n) is 6.51. The van der Waals surface area contributed by atoms with Crippen LogP contribution in [0, 0.1) is 0 Å². The van der Waals surface area contributed by atoms with E-state index in [1.165, 1.54) is 51.7 Å². The third-order valence-corrected chi connectivity index (χ3v) is 4.47. The van der Waals surface area contributed by atoms with E-state index in [0.29, 0.717) is 11.3 Å². The van der Waals surface area contributed by atoms with Gasteiger partial charge in [0.15, 0.2) is 17.3 Å². The largest absolute Gasteiger partial charge is 0.496 e. The maximum absolute atomic E-state index is 12.9. The molecule has 1 heterocycles. The van der Waals surface area contributed by atoms with E-state index in [1.807, 2.05) is 0 Å². The third kappa shape index (κ3) is 5.16. The summed E-state index contributed by atoms with van der Waals surface area (Å²) in [7, 11) is 4.30. The van der Waals surface area contributed by atoms with Crippen LogP contribution in [-0.4, -0.2) is 61.6 Å². The summed E-state index contributed by atoms with van der Waals surface area (Å²) in [5.41, 5.74) is 0.474. The average molecular weight is 406 g/mol. The van der Waals surface area contributed by atoms with Crippen molar-refractivity contribution in [3.05, 3.63) is 35.4 Å². The first-order valence-electron chi connectivity index (χ1n) is 9.11. The van der Waals surface area contributed by atoms with Gasteiger partial charge >= 0.3 is 5.97 Å². The number of benzene rings is 1. The first-order chi connectivity index (χ1) is 13.8. The second-order valence-corrected chi connectivity index (χ2v) is 6.51. The molecule has 0 saturated heterocycles. The quantitative estimate of drug-likeness (QED) is 0.733. The van der Waals surface area contributed by atoms with Gasteiger partial charge < -0.3 is 29.2 Å². The van der Waals surface area contributed by atoms with E-state index in [2.05, 4.69) is 0 Å². The first-order valence-corrected chi connectivity index (χ1v) is 9.11. The summed E-state index contributed by atoms with van der Waals surface area (Å²) >= 11 is 0. The number of aliphatic hydroxyl groups is 2. The van der Waals surface area contributed by atoms with Crippen LogP contribution in [0.4, 0.5) is 0 Å². The Hall–Kier alpha value is -2.84. The molecular formula is C21H26O8. The Kier molecular flexibility index (Phi) is 7.81. The van der Waals surface area contributed by atoms with Crippen molar-refractivity contribution in [3.63, 3.8) is 0 Å². The minimum atomic E-state index is -1.56. The van der Waals surface area contributed by atoms with Crippen LogP contribution in [0.2, 0.25) is 0 Å². The molecule has 0 bridgehead atoms. The SMILES string of the molecule is COc1cc(OC)c2c(c1OC)/C=C\CC(O)C(O)C(=O)/C=C\CC(C)OC2=O. The van der Waals surface area contributed by atoms with E-state index in [4.69, 9.17) is 18.9 Å². The third-order valence-electron chi connectivity index (χ3n) is 4.47. The molecule has 0 aromatic heterocycles. The zero-order valence-electron chi connectivity index (χ0n) is 16.9. The van der Waals surface area contributed by atoms with Gasteiger partial charge in [0.05, 0.1) is 27.4 Å². The molecule has 0 radical (unpaired) electrons. The van der Waals surface area contributed by atoms with Gasteiger partial charge in [-0.3, -0.25) is 4.79 Å². The second kappa shape index (κ2) is 10.1. The van der Waals surface area contributed by atoms with E-state index in [1.54, 1.807) is 6.92 Å². The number of carbonyl (C=O) groups is 2. The van der Waals surface area contributed by atoms with Gasteiger partial charge in [-0.05, 0) is 19.4 Å². The molecular weight excluding hydrogens is 380 g/mol. The van der Waals surface area contributed by atoms with Crippen molar-refractivity contribution >= 4 is 17.8 Å². The van der Waals surface area contributed by atoms with Gasteiger partial charge in [-0.15, -0.1) is 0 Å². The van der Waals surface area contributed by atoms with Crippen LogP contribution in [0.3, 0.4) is 0 Å². The molecule has 8 nitrogen and oxygen atoms in total. The Morgan fingerprint density at radius 1 is 0.966 bits per heavy atom. The summed E-state index contributed by atoms with van der Waals surface area (Å²) in [4.78, 5) is 24.9. The van der Waals surface area contributed by atoms with Gasteiger partial charge in [0.25, 0.3) is 0 Å². The Balaban J connectivity index is 2.63. The molecule has 2 N–H and O–H groups in total. The highest BCUT2D eigenvalue weighted by atomic mass is 16.5. The van der Waals surface area contributed by atoms with Crippen molar-refractivity contribution in [1.82, 2.24) is 0 Å². The van der Waals surface area contributed by atoms with Crippen molar-refractivity contribution in [3.8, 4) is 17.2 Å². The van der Waals surface area contributed by atoms with Gasteiger partial charge in [0.2, 0.25) is 0 Å². The molecule has 0 amide bonds. The lowest BCUT2D eigenvalue weighted by atomic mass is 10.0. The number of carbonyl (C=O) groups excluding carboxylic acids is 2. The topological polar surface area (TPSA) is 112 Å². The van der Waals surface area contributed by atoms with E-state index in [9.17, 15) is 19.8 Å². The summed E-state index contributed by atoms with van der Waals surface area (Å²) < 4.78 is 21.6. The first kappa shape index (κ1) is 22.4. The number of ketones is 1. The van der Waals surface area contributed by atoms with Crippen molar-refractivity contribution in [1.29, 1.82) is 0 Å². The van der Waals surface area contributed by atoms with Crippen LogP contribution in [0.25, 0.3) is 6.08 Å². The van der Waals surface area contributed by atoms with E-state index < -0.39 is 30.1 Å². The van der Waals surface area contributed by atoms with Crippen LogP contribution < -0.4 is 14.2 Å². The Bertz CT molecular complexity index is 811. The molecule has 3 unspecified atom stereocenters. The fourth-order valence-electron chi connectivity index (χ4n) is 2.94. The predicted octanol–water partition coefficient (Wildman–Crippen LogP) is 1.91. The summed E-state index contributed by atoms with van der Waals surface area (Å²) in [6.07, 6.45) is 2.53. The number of hydrogen-bond acceptors (Lipinski definition) is 8. The van der Waals surface area contributed by atoms with Crippen molar-refractivity contribution in [2.45, 2.75) is 38.1 Å². The van der Waals surface area contributed by atoms with Gasteiger partial charge in [-0.25, -0.2) is 4.79 Å². The normalized spacial score (nSPS) is 25.2. The van der Waals surface area contributed by atoms with Crippen LogP contribution in [0.5, 0.6) is 17.2 Å². The van der Waals surface area contributed by atoms with Crippen LogP contribution in [-0.2, 0) is 9.53 Å². The fraction of sp³-hybridized carbons (Fsp3) is 0.429. The number of cyclic esters (lactones) is 1. The zero-order chi connectivity index (χ0) is 21.6. The van der Waals surface area contributed by atoms with Crippen LogP contribution in [0.1, 0.15) is 35.7 Å². The molecule has 1 aromatic rings. The number of esters is 1. The summed E-state index contributed by atoms with van der Waals surface area (Å²) in [6, 6.07) is 1.53. The maximum atomic E-state index is 12.9. The molecule has 2 rings (SSSR count). The Morgan fingerprint density at radius 3 is 2.24 bits per heavy atom. The monoisotopic (exact) mass is 406 g/mol. The molecule has 3 atom stereocenters. The smallest absolute Gasteiger partial charge is 0.342 e. The number of fused-ring (bicyclic) bond motifs is 1. The van der Waals surface area contributed by atoms with E-state index in [-0.39, 0.29) is 29.9 Å². The number of methoxy groups -OCH3 is 3. The molecule has 0 spiro atoms. The highest BCUT2D eigenvalue weighted by Crippen LogP contribution is 2.41. The molecule has 1 aromatic carbocycles. The summed E-state index contributed by atoms with van der Waals surface area (Å²) in [5, 5.41) is 20.1. The minimum absolute atomic E-state index is 0.0334. The lowest BCUT2D eigenvalue weighted by Gasteiger charge is -2.20. The lowest BCUT2D eigenvalue weighted by Crippen LogP contribution is -2.32. The van der Waals surface area contributed by atoms with Crippen molar-refractivity contribution < 1.29 is 38.7 Å². The number of rotatable bonds is 3. The number of aliphatic hydroxyl groups excluding tert-OH is 2. The van der Waals surface area contributed by atoms with Crippen LogP contribution in [0.15, 0.2) is 24.3 Å². The molecule has 158 valence electrons. The van der Waals surface area contributed by atoms with Crippen molar-refractivity contribution in [2.24, 2.45) is 0 Å². The molecule has 29 heavy (non-hydrogen) atoms. The number of hydrogen-bond donors (Lipinski definition) is 2. The van der Waals surface area contributed by atoms with Gasteiger partial charge in [-0.1, -0.05) is 18.2 Å². The lowest BCUT2D eigenvalue weighted by molar-refractivity contribution is -0.127. The van der Waals surface area contributed by atoms with Gasteiger partial charge in [0, 0.05) is 18.1 Å². The predicted molar refractivity (Wildman–Crippen MR) is 105 cm³/mol. The Labute approximate surface area is 169 Å². The van der Waals surface area contributed by atoms with E-state index >= 15 is 0 Å². The summed E-state index contributed by atoms with van der Waals surface area (Å²) in [5.74, 6) is -0.399. The summed E-state index contributed by atoms with van der Waals surface area (Å²) in [6.45, 7) is 1.67. The minimum Gasteiger partial charge on any atom is -0.496 e. The number of ether oxygens (including phenoxy) is 4. The molecule has 0 fully saturated rings. The Morgan fingerprint density at radius 2 is 1.62 bits per heavy atom. The highest BCUT2D eigenvalue weighted by Gasteiger charge is 2.27. The highest BCUT2D eigenvalue weighted by molar-refractivity contribution is 5.99. The molecule has 1 aliphatic rings. The van der Waals surface area contributed by atoms with E-state index in [0.717, 1.165) is 0 Å². The molecule has 8 heteroatoms. The standard InChI is InChI=1S/C21H26O8/c1-12-7-5-9-14(22)19(24)15(23)10-6-8-13-18(21(25)29-12)16(26-2)11-17(27-3)20(13)28-4/h5-6,8-9,11-12,15,19,23-24H,7,10H2,1-4H3/b8-6-,9-5-. The fourth-order valence-corrected chi connectivity index (χ4v) is 2.94. The van der Waals surface area contributed by atoms with Gasteiger partial charge in [0.1, 0.15) is 23.5 Å². The zero-order valence-corrected chi connectivity index (χ0v) is 16.9. The molecule has 0 saturated carbocycles. The van der Waals surface area contributed by atoms with Crippen LogP contribution >= 0.6 is 0 Å².